The first-order valence-corrected chi connectivity index (χ1v) is 6.05. The number of anilines is 1. The molecule has 0 N–H and O–H groups in total. The molecule has 1 aromatic carbocycles. The molecule has 0 aromatic heterocycles. The zero-order valence-electron chi connectivity index (χ0n) is 11.0. The van der Waals surface area contributed by atoms with Crippen molar-refractivity contribution in [3.63, 3.8) is 0 Å². The Morgan fingerprint density at radius 3 is 2.28 bits per heavy atom. The number of likely N-dealkylation sites (tertiary alicyclic amines) is 1. The van der Waals surface area contributed by atoms with Crippen molar-refractivity contribution in [2.75, 3.05) is 26.0 Å². The predicted molar refractivity (Wildman–Crippen MR) is 70.4 cm³/mol. The van der Waals surface area contributed by atoms with Gasteiger partial charge in [-0.1, -0.05) is 12.1 Å². The standard InChI is InChI=1S/C14H18N2O2/c1-15(2)12-6-4-10(5-7-12)8-11-9-13(17)16(3)14(11)18/h4-7,11H,8-9H2,1-3H3. The molecule has 1 atom stereocenters. The van der Waals surface area contributed by atoms with E-state index in [0.29, 0.717) is 12.8 Å². The Labute approximate surface area is 107 Å². The molecule has 1 heterocycles. The van der Waals surface area contributed by atoms with Crippen molar-refractivity contribution in [2.45, 2.75) is 12.8 Å². The molecule has 4 nitrogen and oxygen atoms in total. The number of carbonyl (C=O) groups excluding carboxylic acids is 2. The first-order chi connectivity index (χ1) is 8.49. The number of imide groups is 1. The van der Waals surface area contributed by atoms with Gasteiger partial charge < -0.3 is 4.90 Å². The van der Waals surface area contributed by atoms with Crippen LogP contribution in [0.25, 0.3) is 0 Å². The third-order valence-electron chi connectivity index (χ3n) is 3.41. The molecule has 1 aliphatic rings. The van der Waals surface area contributed by atoms with E-state index in [1.54, 1.807) is 7.05 Å². The van der Waals surface area contributed by atoms with Gasteiger partial charge in [-0.2, -0.15) is 0 Å². The minimum Gasteiger partial charge on any atom is -0.378 e. The number of hydrogen-bond donors (Lipinski definition) is 0. The van der Waals surface area contributed by atoms with Crippen molar-refractivity contribution in [1.82, 2.24) is 4.90 Å². The van der Waals surface area contributed by atoms with Crippen LogP contribution in [0.5, 0.6) is 0 Å². The van der Waals surface area contributed by atoms with Crippen LogP contribution >= 0.6 is 0 Å². The Bertz CT molecular complexity index is 465. The lowest BCUT2D eigenvalue weighted by molar-refractivity contribution is -0.137. The van der Waals surface area contributed by atoms with Crippen LogP contribution in [-0.2, 0) is 16.0 Å². The van der Waals surface area contributed by atoms with Crippen LogP contribution < -0.4 is 4.90 Å². The highest BCUT2D eigenvalue weighted by atomic mass is 16.2. The van der Waals surface area contributed by atoms with E-state index in [4.69, 9.17) is 0 Å². The van der Waals surface area contributed by atoms with Crippen LogP contribution in [0.4, 0.5) is 5.69 Å². The third kappa shape index (κ3) is 2.37. The maximum Gasteiger partial charge on any atom is 0.232 e. The fourth-order valence-corrected chi connectivity index (χ4v) is 2.21. The summed E-state index contributed by atoms with van der Waals surface area (Å²) in [6, 6.07) is 8.09. The molecule has 18 heavy (non-hydrogen) atoms. The lowest BCUT2D eigenvalue weighted by Crippen LogP contribution is -2.26. The fourth-order valence-electron chi connectivity index (χ4n) is 2.21. The molecule has 2 rings (SSSR count). The Hall–Kier alpha value is -1.84. The molecule has 1 fully saturated rings. The number of rotatable bonds is 3. The van der Waals surface area contributed by atoms with Gasteiger partial charge in [0.05, 0.1) is 5.92 Å². The van der Waals surface area contributed by atoms with Gasteiger partial charge in [-0.05, 0) is 24.1 Å². The van der Waals surface area contributed by atoms with Crippen molar-refractivity contribution in [1.29, 1.82) is 0 Å². The number of amides is 2. The third-order valence-corrected chi connectivity index (χ3v) is 3.41. The Kier molecular flexibility index (Phi) is 3.36. The van der Waals surface area contributed by atoms with Crippen molar-refractivity contribution in [3.8, 4) is 0 Å². The summed E-state index contributed by atoms with van der Waals surface area (Å²) >= 11 is 0. The van der Waals surface area contributed by atoms with Crippen LogP contribution in [0.3, 0.4) is 0 Å². The molecule has 0 aliphatic carbocycles. The second-order valence-corrected chi connectivity index (χ2v) is 4.96. The van der Waals surface area contributed by atoms with Crippen molar-refractivity contribution in [2.24, 2.45) is 5.92 Å². The van der Waals surface area contributed by atoms with Gasteiger partial charge in [0.2, 0.25) is 11.8 Å². The maximum atomic E-state index is 11.8. The lowest BCUT2D eigenvalue weighted by atomic mass is 9.98. The predicted octanol–water partition coefficient (Wildman–Crippen LogP) is 1.30. The Morgan fingerprint density at radius 1 is 1.22 bits per heavy atom. The summed E-state index contributed by atoms with van der Waals surface area (Å²) in [4.78, 5) is 26.5. The average molecular weight is 246 g/mol. The number of carbonyl (C=O) groups is 2. The minimum atomic E-state index is -0.187. The number of nitrogens with zero attached hydrogens (tertiary/aromatic N) is 2. The molecule has 4 heteroatoms. The van der Waals surface area contributed by atoms with E-state index in [-0.39, 0.29) is 17.7 Å². The summed E-state index contributed by atoms with van der Waals surface area (Å²) in [5.41, 5.74) is 2.23. The summed E-state index contributed by atoms with van der Waals surface area (Å²) in [5.74, 6) is -0.320. The molecule has 1 unspecified atom stereocenters. The van der Waals surface area contributed by atoms with E-state index in [9.17, 15) is 9.59 Å². The summed E-state index contributed by atoms with van der Waals surface area (Å²) in [6.07, 6.45) is 0.980. The van der Waals surface area contributed by atoms with Gasteiger partial charge in [0.1, 0.15) is 0 Å². The van der Waals surface area contributed by atoms with Crippen molar-refractivity contribution >= 4 is 17.5 Å². The van der Waals surface area contributed by atoms with E-state index < -0.39 is 0 Å². The highest BCUT2D eigenvalue weighted by molar-refractivity contribution is 6.03. The fraction of sp³-hybridized carbons (Fsp3) is 0.429. The molecule has 1 aromatic rings. The summed E-state index contributed by atoms with van der Waals surface area (Å²) in [7, 11) is 5.53. The molecule has 96 valence electrons. The molecule has 0 spiro atoms. The van der Waals surface area contributed by atoms with E-state index in [0.717, 1.165) is 11.3 Å². The van der Waals surface area contributed by atoms with Gasteiger partial charge in [-0.3, -0.25) is 14.5 Å². The normalized spacial score (nSPS) is 19.5. The summed E-state index contributed by atoms with van der Waals surface area (Å²) in [5, 5.41) is 0. The monoisotopic (exact) mass is 246 g/mol. The van der Waals surface area contributed by atoms with Gasteiger partial charge in [0.25, 0.3) is 0 Å². The van der Waals surface area contributed by atoms with Gasteiger partial charge in [0.15, 0.2) is 0 Å². The first-order valence-electron chi connectivity index (χ1n) is 6.05. The van der Waals surface area contributed by atoms with E-state index in [1.807, 2.05) is 43.3 Å². The van der Waals surface area contributed by atoms with Crippen LogP contribution in [0.15, 0.2) is 24.3 Å². The molecule has 2 amide bonds. The minimum absolute atomic E-state index is 0.0586. The molecule has 0 saturated carbocycles. The summed E-state index contributed by atoms with van der Waals surface area (Å²) < 4.78 is 0. The molecule has 0 radical (unpaired) electrons. The molecule has 1 aliphatic heterocycles. The summed E-state index contributed by atoms with van der Waals surface area (Å²) in [6.45, 7) is 0. The van der Waals surface area contributed by atoms with Crippen LogP contribution in [-0.4, -0.2) is 37.9 Å². The second-order valence-electron chi connectivity index (χ2n) is 4.96. The average Bonchev–Trinajstić information content (AvgIpc) is 2.58. The topological polar surface area (TPSA) is 40.6 Å². The number of hydrogen-bond acceptors (Lipinski definition) is 3. The highest BCUT2D eigenvalue weighted by Gasteiger charge is 2.35. The largest absolute Gasteiger partial charge is 0.378 e. The lowest BCUT2D eigenvalue weighted by Gasteiger charge is -2.13. The number of benzene rings is 1. The quantitative estimate of drug-likeness (QED) is 0.755. The van der Waals surface area contributed by atoms with E-state index in [1.165, 1.54) is 4.90 Å². The molecule has 0 bridgehead atoms. The Balaban J connectivity index is 2.06. The smallest absolute Gasteiger partial charge is 0.232 e. The van der Waals surface area contributed by atoms with Gasteiger partial charge in [-0.15, -0.1) is 0 Å². The maximum absolute atomic E-state index is 11.8. The van der Waals surface area contributed by atoms with Crippen LogP contribution in [0.2, 0.25) is 0 Å². The molecular formula is C14H18N2O2. The van der Waals surface area contributed by atoms with Gasteiger partial charge >= 0.3 is 0 Å². The SMILES string of the molecule is CN1C(=O)CC(Cc2ccc(N(C)C)cc2)C1=O. The van der Waals surface area contributed by atoms with Crippen molar-refractivity contribution in [3.05, 3.63) is 29.8 Å². The van der Waals surface area contributed by atoms with E-state index >= 15 is 0 Å². The second kappa shape index (κ2) is 4.80. The molecular weight excluding hydrogens is 228 g/mol. The van der Waals surface area contributed by atoms with Crippen LogP contribution in [0, 0.1) is 5.92 Å². The van der Waals surface area contributed by atoms with Crippen molar-refractivity contribution < 1.29 is 9.59 Å². The van der Waals surface area contributed by atoms with E-state index in [2.05, 4.69) is 0 Å². The first kappa shape index (κ1) is 12.6. The molecule has 1 saturated heterocycles. The van der Waals surface area contributed by atoms with Gasteiger partial charge in [0, 0.05) is 33.3 Å². The zero-order valence-corrected chi connectivity index (χ0v) is 11.0. The highest BCUT2D eigenvalue weighted by Crippen LogP contribution is 2.23. The zero-order chi connectivity index (χ0) is 13.3. The van der Waals surface area contributed by atoms with Crippen LogP contribution in [0.1, 0.15) is 12.0 Å². The Morgan fingerprint density at radius 2 is 1.83 bits per heavy atom. The van der Waals surface area contributed by atoms with Gasteiger partial charge in [-0.25, -0.2) is 0 Å².